The standard InChI is InChI=1S/2C21H19N3O.6C2H6/c2*25-21(22-19-14-8-3-9-15-19)24-23-20(18-12-6-2-7-13-18)16-17-10-4-1-5-11-17;6*1-2/h2*1-15H,16H2,(H2,22,24,25);6*1-2H3/b23-20+;23-20-;;;;;;. The van der Waals surface area contributed by atoms with Crippen LogP contribution in [0.15, 0.2) is 192 Å². The van der Waals surface area contributed by atoms with E-state index < -0.39 is 0 Å². The van der Waals surface area contributed by atoms with E-state index in [1.165, 1.54) is 0 Å². The molecule has 0 saturated carbocycles. The molecule has 0 atom stereocenters. The van der Waals surface area contributed by atoms with Crippen molar-refractivity contribution < 1.29 is 9.59 Å². The highest BCUT2D eigenvalue weighted by Crippen LogP contribution is 2.11. The molecule has 8 heteroatoms. The molecule has 0 saturated heterocycles. The van der Waals surface area contributed by atoms with Gasteiger partial charge >= 0.3 is 12.1 Å². The molecule has 0 spiro atoms. The second-order valence-electron chi connectivity index (χ2n) is 11.0. The van der Waals surface area contributed by atoms with Crippen molar-refractivity contribution in [2.75, 3.05) is 10.6 Å². The van der Waals surface area contributed by atoms with Crippen LogP contribution in [-0.2, 0) is 12.8 Å². The largest absolute Gasteiger partial charge is 0.339 e. The number of amides is 4. The fourth-order valence-corrected chi connectivity index (χ4v) is 4.85. The van der Waals surface area contributed by atoms with Crippen LogP contribution in [0.3, 0.4) is 0 Å². The Bertz CT molecular complexity index is 1810. The van der Waals surface area contributed by atoms with Gasteiger partial charge in [-0.25, -0.2) is 20.4 Å². The summed E-state index contributed by atoms with van der Waals surface area (Å²) < 4.78 is 0. The van der Waals surface area contributed by atoms with E-state index >= 15 is 0 Å². The third-order valence-electron chi connectivity index (χ3n) is 7.29. The number of carbonyl (C=O) groups is 2. The molecule has 8 nitrogen and oxygen atoms in total. The van der Waals surface area contributed by atoms with E-state index in [1.807, 2.05) is 265 Å². The summed E-state index contributed by atoms with van der Waals surface area (Å²) in [6.07, 6.45) is 1.27. The van der Waals surface area contributed by atoms with Gasteiger partial charge in [0.2, 0.25) is 0 Å². The lowest BCUT2D eigenvalue weighted by atomic mass is 10.0. The van der Waals surface area contributed by atoms with Crippen LogP contribution >= 0.6 is 0 Å². The lowest BCUT2D eigenvalue weighted by Crippen LogP contribution is -2.26. The first kappa shape index (κ1) is 57.3. The first-order chi connectivity index (χ1) is 30.6. The van der Waals surface area contributed by atoms with Gasteiger partial charge < -0.3 is 10.6 Å². The van der Waals surface area contributed by atoms with E-state index in [1.54, 1.807) is 0 Å². The van der Waals surface area contributed by atoms with Crippen molar-refractivity contribution in [3.63, 3.8) is 0 Å². The van der Waals surface area contributed by atoms with Crippen LogP contribution in [0.4, 0.5) is 21.0 Å². The van der Waals surface area contributed by atoms with Crippen LogP contribution in [0.2, 0.25) is 0 Å². The molecule has 0 aliphatic rings. The maximum absolute atomic E-state index is 12.1. The molecule has 62 heavy (non-hydrogen) atoms. The Morgan fingerprint density at radius 3 is 0.823 bits per heavy atom. The zero-order chi connectivity index (χ0) is 46.6. The third-order valence-corrected chi connectivity index (χ3v) is 7.29. The number of urea groups is 2. The van der Waals surface area contributed by atoms with E-state index in [0.717, 1.165) is 45.1 Å². The summed E-state index contributed by atoms with van der Waals surface area (Å²) in [4.78, 5) is 24.1. The average molecular weight is 839 g/mol. The predicted molar refractivity (Wildman–Crippen MR) is 272 cm³/mol. The highest BCUT2D eigenvalue weighted by atomic mass is 16.2. The highest BCUT2D eigenvalue weighted by Gasteiger charge is 2.08. The van der Waals surface area contributed by atoms with E-state index in [-0.39, 0.29) is 12.1 Å². The minimum Gasteiger partial charge on any atom is -0.307 e. The van der Waals surface area contributed by atoms with Crippen LogP contribution in [0.5, 0.6) is 0 Å². The molecule has 4 amide bonds. The van der Waals surface area contributed by atoms with Crippen LogP contribution in [0, 0.1) is 0 Å². The first-order valence-electron chi connectivity index (χ1n) is 22.2. The van der Waals surface area contributed by atoms with Gasteiger partial charge in [-0.15, -0.1) is 0 Å². The average Bonchev–Trinajstić information content (AvgIpc) is 3.37. The lowest BCUT2D eigenvalue weighted by Gasteiger charge is -2.09. The molecule has 0 unspecified atom stereocenters. The van der Waals surface area contributed by atoms with Crippen molar-refractivity contribution in [1.82, 2.24) is 10.9 Å². The Morgan fingerprint density at radius 1 is 0.339 bits per heavy atom. The Kier molecular flexibility index (Phi) is 37.8. The Hall–Kier alpha value is -6.80. The van der Waals surface area contributed by atoms with E-state index in [0.29, 0.717) is 12.8 Å². The van der Waals surface area contributed by atoms with E-state index in [2.05, 4.69) is 31.7 Å². The first-order valence-corrected chi connectivity index (χ1v) is 22.2. The number of hydrogen-bond donors (Lipinski definition) is 4. The smallest absolute Gasteiger partial charge is 0.307 e. The Labute approximate surface area is 375 Å². The minimum atomic E-state index is -0.368. The van der Waals surface area contributed by atoms with Gasteiger partial charge in [-0.05, 0) is 46.5 Å². The van der Waals surface area contributed by atoms with Gasteiger partial charge in [0.15, 0.2) is 0 Å². The number of anilines is 2. The van der Waals surface area contributed by atoms with Gasteiger partial charge in [0.05, 0.1) is 11.4 Å². The highest BCUT2D eigenvalue weighted by molar-refractivity contribution is 6.03. The molecule has 0 aliphatic carbocycles. The fourth-order valence-electron chi connectivity index (χ4n) is 4.85. The number of nitrogens with zero attached hydrogens (tertiary/aromatic N) is 2. The summed E-state index contributed by atoms with van der Waals surface area (Å²) in [5.74, 6) is 0. The molecule has 6 aromatic rings. The molecular weight excluding hydrogens is 765 g/mol. The number of benzene rings is 6. The van der Waals surface area contributed by atoms with Crippen molar-refractivity contribution >= 4 is 34.9 Å². The van der Waals surface area contributed by atoms with Crippen molar-refractivity contribution in [2.24, 2.45) is 10.2 Å². The zero-order valence-electron chi connectivity index (χ0n) is 39.4. The van der Waals surface area contributed by atoms with E-state index in [9.17, 15) is 9.59 Å². The van der Waals surface area contributed by atoms with Gasteiger partial charge in [-0.3, -0.25) is 0 Å². The maximum Gasteiger partial charge on any atom is 0.339 e. The molecule has 0 aromatic heterocycles. The zero-order valence-corrected chi connectivity index (χ0v) is 39.4. The van der Waals surface area contributed by atoms with Crippen molar-refractivity contribution in [2.45, 2.75) is 95.9 Å². The SMILES string of the molecule is CC.CC.CC.CC.CC.CC.O=C(N/N=C(/Cc1ccccc1)c1ccccc1)Nc1ccccc1.O=C(N/N=C(\Cc1ccccc1)c1ccccc1)Nc1ccccc1. The summed E-state index contributed by atoms with van der Waals surface area (Å²) in [7, 11) is 0. The fraction of sp³-hybridized carbons (Fsp3) is 0.259. The van der Waals surface area contributed by atoms with Crippen LogP contribution in [0.25, 0.3) is 0 Å². The molecule has 332 valence electrons. The number of hydrazone groups is 2. The maximum atomic E-state index is 12.1. The van der Waals surface area contributed by atoms with Crippen LogP contribution in [0.1, 0.15) is 105 Å². The summed E-state index contributed by atoms with van der Waals surface area (Å²) in [6, 6.07) is 57.6. The van der Waals surface area contributed by atoms with Gasteiger partial charge in [-0.1, -0.05) is 241 Å². The predicted octanol–water partition coefficient (Wildman–Crippen LogP) is 15.1. The second kappa shape index (κ2) is 41.0. The summed E-state index contributed by atoms with van der Waals surface area (Å²) in [5, 5.41) is 14.2. The summed E-state index contributed by atoms with van der Waals surface area (Å²) in [5.41, 5.74) is 12.4. The third kappa shape index (κ3) is 25.6. The van der Waals surface area contributed by atoms with Crippen molar-refractivity contribution in [3.8, 4) is 0 Å². The molecule has 6 aromatic carbocycles. The number of para-hydroxylation sites is 2. The molecule has 4 N–H and O–H groups in total. The molecule has 0 aliphatic heterocycles. The molecule has 6 rings (SSSR count). The van der Waals surface area contributed by atoms with Gasteiger partial charge in [0.25, 0.3) is 0 Å². The van der Waals surface area contributed by atoms with Crippen LogP contribution in [-0.4, -0.2) is 23.5 Å². The number of carbonyl (C=O) groups excluding carboxylic acids is 2. The number of rotatable bonds is 10. The van der Waals surface area contributed by atoms with Crippen molar-refractivity contribution in [1.29, 1.82) is 0 Å². The quantitative estimate of drug-likeness (QED) is 0.0814. The lowest BCUT2D eigenvalue weighted by molar-refractivity contribution is 0.251. The van der Waals surface area contributed by atoms with Crippen LogP contribution < -0.4 is 21.5 Å². The normalized spacial score (nSPS) is 9.42. The molecule has 0 heterocycles. The summed E-state index contributed by atoms with van der Waals surface area (Å²) in [6.45, 7) is 24.0. The number of nitrogens with one attached hydrogen (secondary N) is 4. The Balaban J connectivity index is 0. The van der Waals surface area contributed by atoms with E-state index in [4.69, 9.17) is 0 Å². The topological polar surface area (TPSA) is 107 Å². The molecule has 0 radical (unpaired) electrons. The minimum absolute atomic E-state index is 0.368. The Morgan fingerprint density at radius 2 is 0.565 bits per heavy atom. The molecule has 0 bridgehead atoms. The van der Waals surface area contributed by atoms with Gasteiger partial charge in [0, 0.05) is 24.2 Å². The second-order valence-corrected chi connectivity index (χ2v) is 11.0. The molecular formula is C54H74N6O2. The molecule has 0 fully saturated rings. The van der Waals surface area contributed by atoms with Gasteiger partial charge in [-0.2, -0.15) is 10.2 Å². The monoisotopic (exact) mass is 839 g/mol. The summed E-state index contributed by atoms with van der Waals surface area (Å²) >= 11 is 0. The number of hydrogen-bond acceptors (Lipinski definition) is 4. The van der Waals surface area contributed by atoms with Crippen molar-refractivity contribution in [3.05, 3.63) is 204 Å². The van der Waals surface area contributed by atoms with Gasteiger partial charge in [0.1, 0.15) is 0 Å².